The lowest BCUT2D eigenvalue weighted by molar-refractivity contribution is -0.384. The Morgan fingerprint density at radius 3 is 2.89 bits per heavy atom. The van der Waals surface area contributed by atoms with Crippen molar-refractivity contribution < 1.29 is 4.92 Å². The van der Waals surface area contributed by atoms with Crippen LogP contribution in [0.4, 0.5) is 11.5 Å². The molecule has 0 bridgehead atoms. The van der Waals surface area contributed by atoms with Gasteiger partial charge in [-0.1, -0.05) is 0 Å². The molecule has 0 spiro atoms. The van der Waals surface area contributed by atoms with Crippen molar-refractivity contribution in [2.24, 2.45) is 0 Å². The predicted molar refractivity (Wildman–Crippen MR) is 71.8 cm³/mol. The van der Waals surface area contributed by atoms with Gasteiger partial charge in [0.15, 0.2) is 0 Å². The SMILES string of the molecule is CC(C)N(C)CCCNc1cc([N+](=O)[O-])ccn1. The van der Waals surface area contributed by atoms with Crippen molar-refractivity contribution in [2.45, 2.75) is 26.3 Å². The molecule has 0 saturated carbocycles. The summed E-state index contributed by atoms with van der Waals surface area (Å²) >= 11 is 0. The Hall–Kier alpha value is -1.69. The lowest BCUT2D eigenvalue weighted by atomic mass is 10.3. The molecule has 0 fully saturated rings. The van der Waals surface area contributed by atoms with E-state index in [1.807, 2.05) is 0 Å². The van der Waals surface area contributed by atoms with Crippen LogP contribution < -0.4 is 5.32 Å². The van der Waals surface area contributed by atoms with Crippen molar-refractivity contribution in [1.82, 2.24) is 9.88 Å². The third-order valence-electron chi connectivity index (χ3n) is 2.83. The molecule has 0 aliphatic rings. The highest BCUT2D eigenvalue weighted by Gasteiger charge is 2.06. The average Bonchev–Trinajstić information content (AvgIpc) is 2.34. The third kappa shape index (κ3) is 4.67. The molecule has 0 atom stereocenters. The normalized spacial score (nSPS) is 10.9. The summed E-state index contributed by atoms with van der Waals surface area (Å²) in [7, 11) is 2.08. The van der Waals surface area contributed by atoms with E-state index in [9.17, 15) is 10.1 Å². The van der Waals surface area contributed by atoms with Crippen molar-refractivity contribution >= 4 is 11.5 Å². The van der Waals surface area contributed by atoms with E-state index in [1.54, 1.807) is 0 Å². The maximum atomic E-state index is 10.6. The second kappa shape index (κ2) is 6.90. The highest BCUT2D eigenvalue weighted by Crippen LogP contribution is 2.13. The van der Waals surface area contributed by atoms with Crippen LogP contribution in [0.3, 0.4) is 0 Å². The van der Waals surface area contributed by atoms with E-state index in [2.05, 4.69) is 36.1 Å². The Morgan fingerprint density at radius 1 is 1.56 bits per heavy atom. The van der Waals surface area contributed by atoms with E-state index >= 15 is 0 Å². The molecule has 1 aromatic rings. The highest BCUT2D eigenvalue weighted by atomic mass is 16.6. The second-order valence-corrected chi connectivity index (χ2v) is 4.51. The van der Waals surface area contributed by atoms with Gasteiger partial charge in [-0.05, 0) is 33.9 Å². The van der Waals surface area contributed by atoms with Crippen LogP contribution in [0.5, 0.6) is 0 Å². The zero-order chi connectivity index (χ0) is 13.5. The predicted octanol–water partition coefficient (Wildman–Crippen LogP) is 2.13. The summed E-state index contributed by atoms with van der Waals surface area (Å²) in [5, 5.41) is 13.7. The Labute approximate surface area is 107 Å². The van der Waals surface area contributed by atoms with Crippen LogP contribution in [0.25, 0.3) is 0 Å². The first-order chi connectivity index (χ1) is 8.50. The maximum absolute atomic E-state index is 10.6. The first kappa shape index (κ1) is 14.4. The number of aromatic nitrogens is 1. The third-order valence-corrected chi connectivity index (χ3v) is 2.83. The summed E-state index contributed by atoms with van der Waals surface area (Å²) in [6.07, 6.45) is 2.42. The summed E-state index contributed by atoms with van der Waals surface area (Å²) in [6.45, 7) is 6.04. The molecular weight excluding hydrogens is 232 g/mol. The fourth-order valence-electron chi connectivity index (χ4n) is 1.43. The lowest BCUT2D eigenvalue weighted by Crippen LogP contribution is -2.28. The highest BCUT2D eigenvalue weighted by molar-refractivity contribution is 5.43. The molecule has 1 heterocycles. The van der Waals surface area contributed by atoms with E-state index in [4.69, 9.17) is 0 Å². The van der Waals surface area contributed by atoms with Crippen molar-refractivity contribution in [2.75, 3.05) is 25.5 Å². The first-order valence-corrected chi connectivity index (χ1v) is 6.05. The number of rotatable bonds is 7. The molecule has 1 aromatic heterocycles. The van der Waals surface area contributed by atoms with Gasteiger partial charge in [0.25, 0.3) is 5.69 Å². The molecule has 0 amide bonds. The van der Waals surface area contributed by atoms with Crippen molar-refractivity contribution in [3.05, 3.63) is 28.4 Å². The van der Waals surface area contributed by atoms with Crippen LogP contribution in [0.15, 0.2) is 18.3 Å². The molecule has 1 N–H and O–H groups in total. The summed E-state index contributed by atoms with van der Waals surface area (Å²) in [6, 6.07) is 3.37. The van der Waals surface area contributed by atoms with Gasteiger partial charge < -0.3 is 10.2 Å². The minimum atomic E-state index is -0.417. The quantitative estimate of drug-likeness (QED) is 0.457. The van der Waals surface area contributed by atoms with Gasteiger partial charge in [0, 0.05) is 24.8 Å². The van der Waals surface area contributed by atoms with Crippen LogP contribution in [-0.4, -0.2) is 41.0 Å². The summed E-state index contributed by atoms with van der Waals surface area (Å²) in [4.78, 5) is 16.5. The fourth-order valence-corrected chi connectivity index (χ4v) is 1.43. The zero-order valence-corrected chi connectivity index (χ0v) is 11.1. The molecule has 1 rings (SSSR count). The Balaban J connectivity index is 2.35. The van der Waals surface area contributed by atoms with Crippen LogP contribution in [-0.2, 0) is 0 Å². The number of pyridine rings is 1. The Morgan fingerprint density at radius 2 is 2.28 bits per heavy atom. The molecule has 18 heavy (non-hydrogen) atoms. The smallest absolute Gasteiger partial charge is 0.274 e. The first-order valence-electron chi connectivity index (χ1n) is 6.05. The molecule has 0 radical (unpaired) electrons. The average molecular weight is 252 g/mol. The van der Waals surface area contributed by atoms with E-state index < -0.39 is 4.92 Å². The number of nitro groups is 1. The summed E-state index contributed by atoms with van der Waals surface area (Å²) in [5.41, 5.74) is 0.0619. The van der Waals surface area contributed by atoms with Crippen molar-refractivity contribution in [3.63, 3.8) is 0 Å². The molecule has 0 aliphatic heterocycles. The number of anilines is 1. The summed E-state index contributed by atoms with van der Waals surface area (Å²) < 4.78 is 0. The van der Waals surface area contributed by atoms with E-state index in [0.717, 1.165) is 19.5 Å². The van der Waals surface area contributed by atoms with E-state index in [-0.39, 0.29) is 5.69 Å². The van der Waals surface area contributed by atoms with E-state index in [1.165, 1.54) is 18.3 Å². The fraction of sp³-hybridized carbons (Fsp3) is 0.583. The molecule has 0 unspecified atom stereocenters. The van der Waals surface area contributed by atoms with Crippen molar-refractivity contribution in [3.8, 4) is 0 Å². The van der Waals surface area contributed by atoms with Gasteiger partial charge in [-0.25, -0.2) is 4.98 Å². The number of hydrogen-bond donors (Lipinski definition) is 1. The molecular formula is C12H20N4O2. The Bertz CT molecular complexity index is 395. The van der Waals surface area contributed by atoms with Gasteiger partial charge in [-0.3, -0.25) is 10.1 Å². The van der Waals surface area contributed by atoms with Crippen molar-refractivity contribution in [1.29, 1.82) is 0 Å². The van der Waals surface area contributed by atoms with Gasteiger partial charge in [0.05, 0.1) is 11.0 Å². The Kier molecular flexibility index (Phi) is 5.51. The van der Waals surface area contributed by atoms with Crippen LogP contribution >= 0.6 is 0 Å². The minimum absolute atomic E-state index is 0.0619. The lowest BCUT2D eigenvalue weighted by Gasteiger charge is -2.20. The molecule has 100 valence electrons. The van der Waals surface area contributed by atoms with Crippen LogP contribution in [0, 0.1) is 10.1 Å². The van der Waals surface area contributed by atoms with Crippen LogP contribution in [0.2, 0.25) is 0 Å². The molecule has 0 aliphatic carbocycles. The van der Waals surface area contributed by atoms with Gasteiger partial charge in [0.1, 0.15) is 5.82 Å². The molecule has 0 saturated heterocycles. The standard InChI is InChI=1S/C12H20N4O2/c1-10(2)15(3)8-4-6-13-12-9-11(16(17)18)5-7-14-12/h5,7,9-10H,4,6,8H2,1-3H3,(H,13,14). The number of nitrogens with zero attached hydrogens (tertiary/aromatic N) is 3. The topological polar surface area (TPSA) is 71.3 Å². The zero-order valence-electron chi connectivity index (χ0n) is 11.1. The van der Waals surface area contributed by atoms with Gasteiger partial charge >= 0.3 is 0 Å². The number of nitrogens with one attached hydrogen (secondary N) is 1. The minimum Gasteiger partial charge on any atom is -0.370 e. The van der Waals surface area contributed by atoms with Gasteiger partial charge in [0.2, 0.25) is 0 Å². The van der Waals surface area contributed by atoms with Gasteiger partial charge in [-0.2, -0.15) is 0 Å². The van der Waals surface area contributed by atoms with Gasteiger partial charge in [-0.15, -0.1) is 0 Å². The monoisotopic (exact) mass is 252 g/mol. The maximum Gasteiger partial charge on any atom is 0.274 e. The molecule has 0 aromatic carbocycles. The largest absolute Gasteiger partial charge is 0.370 e. The second-order valence-electron chi connectivity index (χ2n) is 4.51. The number of hydrogen-bond acceptors (Lipinski definition) is 5. The van der Waals surface area contributed by atoms with Crippen LogP contribution in [0.1, 0.15) is 20.3 Å². The van der Waals surface area contributed by atoms with E-state index in [0.29, 0.717) is 11.9 Å². The molecule has 6 nitrogen and oxygen atoms in total. The summed E-state index contributed by atoms with van der Waals surface area (Å²) in [5.74, 6) is 0.552. The molecule has 6 heteroatoms.